The molecule has 1 aliphatic rings. The maximum atomic E-state index is 11.7. The van der Waals surface area contributed by atoms with Gasteiger partial charge in [-0.25, -0.2) is 8.42 Å². The summed E-state index contributed by atoms with van der Waals surface area (Å²) in [6.07, 6.45) is 2.01. The average Bonchev–Trinajstić information content (AvgIpc) is 2.34. The Morgan fingerprint density at radius 2 is 2.05 bits per heavy atom. The van der Waals surface area contributed by atoms with Gasteiger partial charge < -0.3 is 10.0 Å². The minimum Gasteiger partial charge on any atom is -0.393 e. The van der Waals surface area contributed by atoms with E-state index in [-0.39, 0.29) is 28.3 Å². The molecule has 0 aliphatic heterocycles. The number of rotatable bonds is 5. The molecule has 7 nitrogen and oxygen atoms in total. The fraction of sp³-hybridized carbons (Fsp3) is 0.538. The van der Waals surface area contributed by atoms with Crippen LogP contribution in [0.25, 0.3) is 0 Å². The minimum atomic E-state index is -3.67. The van der Waals surface area contributed by atoms with Crippen molar-refractivity contribution >= 4 is 21.2 Å². The van der Waals surface area contributed by atoms with E-state index in [9.17, 15) is 23.6 Å². The van der Waals surface area contributed by atoms with E-state index in [1.165, 1.54) is 12.1 Å². The third-order valence-electron chi connectivity index (χ3n) is 3.71. The lowest BCUT2D eigenvalue weighted by Crippen LogP contribution is -2.37. The largest absolute Gasteiger partial charge is 0.393 e. The fourth-order valence-electron chi connectivity index (χ4n) is 2.64. The van der Waals surface area contributed by atoms with E-state index in [0.29, 0.717) is 19.4 Å². The van der Waals surface area contributed by atoms with Crippen molar-refractivity contribution in [2.24, 2.45) is 5.92 Å². The molecule has 0 radical (unpaired) electrons. The quantitative estimate of drug-likeness (QED) is 0.647. The molecule has 0 bridgehead atoms. The van der Waals surface area contributed by atoms with Gasteiger partial charge in [-0.05, 0) is 30.9 Å². The van der Waals surface area contributed by atoms with E-state index in [2.05, 4.69) is 0 Å². The predicted octanol–water partition coefficient (Wildman–Crippen LogP) is 1.21. The summed E-state index contributed by atoms with van der Waals surface area (Å²) in [6, 6.07) is 4.30. The molecule has 0 atom stereocenters. The second-order valence-electron chi connectivity index (χ2n) is 5.52. The van der Waals surface area contributed by atoms with E-state index in [0.717, 1.165) is 6.26 Å². The third kappa shape index (κ3) is 3.33. The van der Waals surface area contributed by atoms with Gasteiger partial charge in [-0.3, -0.25) is 10.1 Å². The number of nitrogens with zero attached hydrogens (tertiary/aromatic N) is 2. The van der Waals surface area contributed by atoms with Gasteiger partial charge in [0.25, 0.3) is 0 Å². The van der Waals surface area contributed by atoms with E-state index in [1.807, 2.05) is 0 Å². The molecule has 0 saturated heterocycles. The Balaban J connectivity index is 2.36. The van der Waals surface area contributed by atoms with E-state index in [4.69, 9.17) is 0 Å². The number of para-hydroxylation sites is 1. The van der Waals surface area contributed by atoms with Crippen LogP contribution in [0.4, 0.5) is 11.4 Å². The molecule has 2 rings (SSSR count). The van der Waals surface area contributed by atoms with Gasteiger partial charge in [0.2, 0.25) is 0 Å². The number of aliphatic hydroxyl groups excluding tert-OH is 1. The summed E-state index contributed by atoms with van der Waals surface area (Å²) in [5, 5.41) is 20.6. The number of nitro benzene ring substituents is 1. The van der Waals surface area contributed by atoms with Crippen molar-refractivity contribution in [2.75, 3.05) is 24.7 Å². The first-order valence-corrected chi connectivity index (χ1v) is 8.46. The number of anilines is 1. The van der Waals surface area contributed by atoms with Crippen LogP contribution in [0.2, 0.25) is 0 Å². The number of nitro groups is 1. The highest BCUT2D eigenvalue weighted by Crippen LogP contribution is 2.36. The Labute approximate surface area is 123 Å². The number of hydrogen-bond donors (Lipinski definition) is 1. The van der Waals surface area contributed by atoms with E-state index < -0.39 is 14.8 Å². The summed E-state index contributed by atoms with van der Waals surface area (Å²) < 4.78 is 23.4. The lowest BCUT2D eigenvalue weighted by molar-refractivity contribution is -0.387. The second-order valence-corrected chi connectivity index (χ2v) is 7.51. The maximum Gasteiger partial charge on any atom is 0.311 e. The smallest absolute Gasteiger partial charge is 0.311 e. The summed E-state index contributed by atoms with van der Waals surface area (Å²) in [6.45, 7) is 0.547. The van der Waals surface area contributed by atoms with Crippen LogP contribution < -0.4 is 4.90 Å². The molecular formula is C13H18N2O5S. The molecule has 1 N–H and O–H groups in total. The normalized spacial score (nSPS) is 21.7. The summed E-state index contributed by atoms with van der Waals surface area (Å²) in [4.78, 5) is 12.0. The molecule has 0 aromatic heterocycles. The first-order chi connectivity index (χ1) is 9.70. The van der Waals surface area contributed by atoms with Crippen molar-refractivity contribution in [2.45, 2.75) is 23.8 Å². The first kappa shape index (κ1) is 15.7. The van der Waals surface area contributed by atoms with Gasteiger partial charge in [0.1, 0.15) is 10.6 Å². The standard InChI is InChI=1S/C13H18N2O5S/c1-14(8-9-6-10(16)7-9)11-4-3-5-12(21(2,19)20)13(11)15(17)18/h3-5,9-10,16H,6-8H2,1-2H3. The van der Waals surface area contributed by atoms with Crippen LogP contribution in [0.3, 0.4) is 0 Å². The third-order valence-corrected chi connectivity index (χ3v) is 4.84. The zero-order valence-corrected chi connectivity index (χ0v) is 12.7. The number of sulfone groups is 1. The number of hydrogen-bond acceptors (Lipinski definition) is 6. The van der Waals surface area contributed by atoms with Gasteiger partial charge in [0.15, 0.2) is 9.84 Å². The molecule has 1 aliphatic carbocycles. The highest BCUT2D eigenvalue weighted by molar-refractivity contribution is 7.90. The Hall–Kier alpha value is -1.67. The lowest BCUT2D eigenvalue weighted by atomic mass is 9.82. The molecule has 0 amide bonds. The molecule has 8 heteroatoms. The molecule has 1 saturated carbocycles. The summed E-state index contributed by atoms with van der Waals surface area (Å²) in [7, 11) is -1.98. The predicted molar refractivity (Wildman–Crippen MR) is 78.2 cm³/mol. The van der Waals surface area contributed by atoms with Crippen LogP contribution in [0.5, 0.6) is 0 Å². The van der Waals surface area contributed by atoms with Crippen LogP contribution in [0.15, 0.2) is 23.1 Å². The highest BCUT2D eigenvalue weighted by atomic mass is 32.2. The zero-order valence-electron chi connectivity index (χ0n) is 11.9. The van der Waals surface area contributed by atoms with Crippen LogP contribution >= 0.6 is 0 Å². The van der Waals surface area contributed by atoms with Gasteiger partial charge in [-0.15, -0.1) is 0 Å². The molecule has 116 valence electrons. The van der Waals surface area contributed by atoms with Gasteiger partial charge in [-0.2, -0.15) is 0 Å². The first-order valence-electron chi connectivity index (χ1n) is 6.56. The van der Waals surface area contributed by atoms with Crippen LogP contribution in [-0.2, 0) is 9.84 Å². The SMILES string of the molecule is CN(CC1CC(O)C1)c1cccc(S(C)(=O)=O)c1[N+](=O)[O-]. The fourth-order valence-corrected chi connectivity index (χ4v) is 3.49. The molecular weight excluding hydrogens is 296 g/mol. The summed E-state index contributed by atoms with van der Waals surface area (Å²) in [5.74, 6) is 0.270. The summed E-state index contributed by atoms with van der Waals surface area (Å²) in [5.41, 5.74) is -0.105. The molecule has 21 heavy (non-hydrogen) atoms. The van der Waals surface area contributed by atoms with Crippen molar-refractivity contribution in [3.63, 3.8) is 0 Å². The maximum absolute atomic E-state index is 11.7. The van der Waals surface area contributed by atoms with Gasteiger partial charge in [0.05, 0.1) is 11.0 Å². The average molecular weight is 314 g/mol. The Morgan fingerprint density at radius 1 is 1.43 bits per heavy atom. The second kappa shape index (κ2) is 5.61. The monoisotopic (exact) mass is 314 g/mol. The Bertz CT molecular complexity index is 653. The van der Waals surface area contributed by atoms with Gasteiger partial charge in [-0.1, -0.05) is 6.07 Å². The van der Waals surface area contributed by atoms with Crippen molar-refractivity contribution < 1.29 is 18.4 Å². The van der Waals surface area contributed by atoms with Crippen LogP contribution in [0.1, 0.15) is 12.8 Å². The van der Waals surface area contributed by atoms with Gasteiger partial charge in [0, 0.05) is 19.8 Å². The highest BCUT2D eigenvalue weighted by Gasteiger charge is 2.31. The lowest BCUT2D eigenvalue weighted by Gasteiger charge is -2.35. The van der Waals surface area contributed by atoms with Crippen molar-refractivity contribution in [3.05, 3.63) is 28.3 Å². The molecule has 0 unspecified atom stereocenters. The molecule has 1 aromatic carbocycles. The Morgan fingerprint density at radius 3 is 2.52 bits per heavy atom. The molecule has 0 spiro atoms. The summed E-state index contributed by atoms with van der Waals surface area (Å²) >= 11 is 0. The number of benzene rings is 1. The molecule has 1 aromatic rings. The van der Waals surface area contributed by atoms with Crippen LogP contribution in [0, 0.1) is 16.0 Å². The molecule has 0 heterocycles. The topological polar surface area (TPSA) is 101 Å². The number of aliphatic hydroxyl groups is 1. The Kier molecular flexibility index (Phi) is 4.20. The zero-order chi connectivity index (χ0) is 15.8. The van der Waals surface area contributed by atoms with Crippen LogP contribution in [-0.4, -0.2) is 44.4 Å². The van der Waals surface area contributed by atoms with Crippen molar-refractivity contribution in [1.29, 1.82) is 0 Å². The molecule has 1 fully saturated rings. The van der Waals surface area contributed by atoms with Crippen molar-refractivity contribution in [3.8, 4) is 0 Å². The van der Waals surface area contributed by atoms with E-state index >= 15 is 0 Å². The minimum absolute atomic E-state index is 0.270. The van der Waals surface area contributed by atoms with Crippen molar-refractivity contribution in [1.82, 2.24) is 0 Å². The van der Waals surface area contributed by atoms with Gasteiger partial charge >= 0.3 is 5.69 Å². The van der Waals surface area contributed by atoms with E-state index in [1.54, 1.807) is 18.0 Å².